The fraction of sp³-hybridized carbons (Fsp3) is 0.217. The topological polar surface area (TPSA) is 107 Å². The molecule has 2 amide bonds. The van der Waals surface area contributed by atoms with Crippen molar-refractivity contribution in [3.8, 4) is 11.5 Å². The van der Waals surface area contributed by atoms with E-state index in [1.807, 2.05) is 6.07 Å². The van der Waals surface area contributed by atoms with Crippen LogP contribution in [0.5, 0.6) is 11.5 Å². The van der Waals surface area contributed by atoms with Gasteiger partial charge in [-0.05, 0) is 35.9 Å². The van der Waals surface area contributed by atoms with E-state index in [4.69, 9.17) is 32.7 Å². The van der Waals surface area contributed by atoms with Crippen LogP contribution in [0.3, 0.4) is 0 Å². The number of hydrogen-bond donors (Lipinski definition) is 2. The minimum Gasteiger partial charge on any atom is -0.493 e. The molecule has 0 fully saturated rings. The summed E-state index contributed by atoms with van der Waals surface area (Å²) in [6.45, 7) is 0.170. The smallest absolute Gasteiger partial charge is 0.244 e. The molecule has 0 saturated heterocycles. The Hall–Kier alpha value is -3.21. The number of methoxy groups -OCH3 is 2. The van der Waals surface area contributed by atoms with Crippen molar-refractivity contribution < 1.29 is 19.1 Å². The lowest BCUT2D eigenvalue weighted by molar-refractivity contribution is -0.116. The second-order valence-corrected chi connectivity index (χ2v) is 8.79. The Morgan fingerprint density at radius 1 is 1.11 bits per heavy atom. The molecule has 0 saturated carbocycles. The van der Waals surface area contributed by atoms with Crippen LogP contribution in [0.1, 0.15) is 11.4 Å². The molecule has 0 unspecified atom stereocenters. The highest BCUT2D eigenvalue weighted by Crippen LogP contribution is 2.30. The summed E-state index contributed by atoms with van der Waals surface area (Å²) in [6.07, 6.45) is 3.08. The molecule has 35 heavy (non-hydrogen) atoms. The lowest BCUT2D eigenvalue weighted by Gasteiger charge is -2.08. The van der Waals surface area contributed by atoms with Crippen molar-refractivity contribution in [2.45, 2.75) is 11.7 Å². The maximum Gasteiger partial charge on any atom is 0.244 e. The first kappa shape index (κ1) is 26.4. The number of carbonyl (C=O) groups is 2. The van der Waals surface area contributed by atoms with Crippen molar-refractivity contribution in [2.24, 2.45) is 7.05 Å². The molecule has 0 aliphatic rings. The molecule has 0 aliphatic heterocycles. The number of amides is 2. The first-order valence-electron chi connectivity index (χ1n) is 10.2. The van der Waals surface area contributed by atoms with Crippen LogP contribution in [0.2, 0.25) is 10.0 Å². The molecular weight excluding hydrogens is 513 g/mol. The zero-order valence-corrected chi connectivity index (χ0v) is 21.5. The van der Waals surface area contributed by atoms with Crippen molar-refractivity contribution in [1.82, 2.24) is 20.1 Å². The van der Waals surface area contributed by atoms with Crippen molar-refractivity contribution in [3.63, 3.8) is 0 Å². The summed E-state index contributed by atoms with van der Waals surface area (Å²) in [5.74, 6) is 1.25. The van der Waals surface area contributed by atoms with E-state index in [0.29, 0.717) is 33.2 Å². The van der Waals surface area contributed by atoms with Gasteiger partial charge in [-0.2, -0.15) is 0 Å². The van der Waals surface area contributed by atoms with Gasteiger partial charge in [0.15, 0.2) is 22.5 Å². The van der Waals surface area contributed by atoms with Gasteiger partial charge in [-0.1, -0.05) is 47.1 Å². The van der Waals surface area contributed by atoms with Gasteiger partial charge < -0.3 is 24.7 Å². The summed E-state index contributed by atoms with van der Waals surface area (Å²) >= 11 is 13.3. The second kappa shape index (κ2) is 12.5. The maximum absolute atomic E-state index is 12.3. The van der Waals surface area contributed by atoms with E-state index in [1.165, 1.54) is 17.8 Å². The number of nitrogens with one attached hydrogen (secondary N) is 2. The van der Waals surface area contributed by atoms with Gasteiger partial charge in [0.25, 0.3) is 0 Å². The van der Waals surface area contributed by atoms with E-state index in [-0.39, 0.29) is 29.1 Å². The Bertz CT molecular complexity index is 1250. The Kier molecular flexibility index (Phi) is 9.41. The lowest BCUT2D eigenvalue weighted by Crippen LogP contribution is -2.22. The number of anilines is 1. The van der Waals surface area contributed by atoms with Gasteiger partial charge in [-0.25, -0.2) is 0 Å². The normalized spacial score (nSPS) is 10.9. The van der Waals surface area contributed by atoms with Crippen LogP contribution in [-0.2, 0) is 23.2 Å². The third-order valence-corrected chi connectivity index (χ3v) is 6.58. The SMILES string of the molecule is COc1ccc(C=CC(=O)NCc2nnc(SCC(=O)Nc3cccc(Cl)c3Cl)n2C)cc1OC. The van der Waals surface area contributed by atoms with E-state index in [9.17, 15) is 9.59 Å². The number of aromatic nitrogens is 3. The van der Waals surface area contributed by atoms with Crippen LogP contribution in [0.4, 0.5) is 5.69 Å². The summed E-state index contributed by atoms with van der Waals surface area (Å²) < 4.78 is 12.2. The molecule has 2 aromatic carbocycles. The highest BCUT2D eigenvalue weighted by atomic mass is 35.5. The summed E-state index contributed by atoms with van der Waals surface area (Å²) in [4.78, 5) is 24.5. The number of rotatable bonds is 10. The minimum absolute atomic E-state index is 0.0925. The molecule has 0 spiro atoms. The number of halogens is 2. The van der Waals surface area contributed by atoms with Crippen molar-refractivity contribution in [3.05, 3.63) is 63.9 Å². The monoisotopic (exact) mass is 535 g/mol. The van der Waals surface area contributed by atoms with Gasteiger partial charge in [-0.15, -0.1) is 10.2 Å². The average molecular weight is 536 g/mol. The molecule has 184 valence electrons. The van der Waals surface area contributed by atoms with Crippen LogP contribution in [0.25, 0.3) is 6.08 Å². The molecule has 12 heteroatoms. The highest BCUT2D eigenvalue weighted by molar-refractivity contribution is 7.99. The molecular formula is C23H23Cl2N5O4S. The molecule has 0 aliphatic carbocycles. The van der Waals surface area contributed by atoms with Gasteiger partial charge in [0, 0.05) is 13.1 Å². The number of thioether (sulfide) groups is 1. The summed E-state index contributed by atoms with van der Waals surface area (Å²) in [5.41, 5.74) is 1.22. The third kappa shape index (κ3) is 7.14. The summed E-state index contributed by atoms with van der Waals surface area (Å²) in [5, 5.41) is 14.8. The fourth-order valence-corrected chi connectivity index (χ4v) is 3.97. The first-order chi connectivity index (χ1) is 16.8. The Morgan fingerprint density at radius 2 is 1.89 bits per heavy atom. The summed E-state index contributed by atoms with van der Waals surface area (Å²) in [7, 11) is 4.87. The molecule has 1 heterocycles. The second-order valence-electron chi connectivity index (χ2n) is 7.06. The van der Waals surface area contributed by atoms with E-state index < -0.39 is 0 Å². The first-order valence-corrected chi connectivity index (χ1v) is 12.0. The van der Waals surface area contributed by atoms with Gasteiger partial charge in [0.2, 0.25) is 11.8 Å². The molecule has 3 aromatic rings. The van der Waals surface area contributed by atoms with Crippen molar-refractivity contribution in [2.75, 3.05) is 25.3 Å². The molecule has 3 rings (SSSR count). The zero-order valence-electron chi connectivity index (χ0n) is 19.2. The molecule has 9 nitrogen and oxygen atoms in total. The van der Waals surface area contributed by atoms with Crippen molar-refractivity contribution >= 4 is 58.5 Å². The molecule has 0 radical (unpaired) electrons. The quantitative estimate of drug-likeness (QED) is 0.296. The van der Waals surface area contributed by atoms with Crippen LogP contribution >= 0.6 is 35.0 Å². The fourth-order valence-electron chi connectivity index (χ4n) is 2.89. The standard InChI is InChI=1S/C23H23Cl2N5O4S/c1-30-19(12-26-20(31)10-8-14-7-9-17(33-2)18(11-14)34-3)28-29-23(30)35-13-21(32)27-16-6-4-5-15(24)22(16)25/h4-11H,12-13H2,1-3H3,(H,26,31)(H,27,32). The number of ether oxygens (including phenoxy) is 2. The molecule has 0 bridgehead atoms. The predicted molar refractivity (Wildman–Crippen MR) is 137 cm³/mol. The lowest BCUT2D eigenvalue weighted by atomic mass is 10.2. The third-order valence-electron chi connectivity index (χ3n) is 4.74. The van der Waals surface area contributed by atoms with Crippen molar-refractivity contribution in [1.29, 1.82) is 0 Å². The number of hydrogen-bond acceptors (Lipinski definition) is 7. The number of nitrogens with zero attached hydrogens (tertiary/aromatic N) is 3. The Balaban J connectivity index is 1.51. The van der Waals surface area contributed by atoms with Gasteiger partial charge in [0.1, 0.15) is 0 Å². The van der Waals surface area contributed by atoms with Crippen LogP contribution in [-0.4, -0.2) is 46.6 Å². The van der Waals surface area contributed by atoms with Gasteiger partial charge >= 0.3 is 0 Å². The zero-order chi connectivity index (χ0) is 25.4. The average Bonchev–Trinajstić information content (AvgIpc) is 3.21. The molecule has 2 N–H and O–H groups in total. The predicted octanol–water partition coefficient (Wildman–Crippen LogP) is 4.20. The van der Waals surface area contributed by atoms with Crippen LogP contribution < -0.4 is 20.1 Å². The highest BCUT2D eigenvalue weighted by Gasteiger charge is 2.13. The van der Waals surface area contributed by atoms with Gasteiger partial charge in [0.05, 0.1) is 42.2 Å². The maximum atomic E-state index is 12.3. The van der Waals surface area contributed by atoms with Gasteiger partial charge in [-0.3, -0.25) is 9.59 Å². The Morgan fingerprint density at radius 3 is 2.63 bits per heavy atom. The number of carbonyl (C=O) groups excluding carboxylic acids is 2. The molecule has 0 atom stereocenters. The minimum atomic E-state index is -0.297. The van der Waals surface area contributed by atoms with Crippen LogP contribution in [0, 0.1) is 0 Å². The largest absolute Gasteiger partial charge is 0.493 e. The van der Waals surface area contributed by atoms with Crippen LogP contribution in [0.15, 0.2) is 47.6 Å². The van der Waals surface area contributed by atoms with E-state index in [1.54, 1.807) is 62.2 Å². The van der Waals surface area contributed by atoms with E-state index in [2.05, 4.69) is 20.8 Å². The number of benzene rings is 2. The van der Waals surface area contributed by atoms with E-state index >= 15 is 0 Å². The van der Waals surface area contributed by atoms with E-state index in [0.717, 1.165) is 5.56 Å². The Labute approximate surface area is 216 Å². The summed E-state index contributed by atoms with van der Waals surface area (Å²) in [6, 6.07) is 10.3. The molecule has 1 aromatic heterocycles.